The normalized spacial score (nSPS) is 10.5. The Balaban J connectivity index is 2.63. The minimum atomic E-state index is -1.72. The molecule has 0 atom stereocenters. The van der Waals surface area contributed by atoms with E-state index in [1.54, 1.807) is 0 Å². The number of hydrogen-bond acceptors (Lipinski definition) is 5. The van der Waals surface area contributed by atoms with E-state index in [0.29, 0.717) is 6.07 Å². The first-order chi connectivity index (χ1) is 8.04. The van der Waals surface area contributed by atoms with Crippen LogP contribution < -0.4 is 0 Å². The first-order valence-electron chi connectivity index (χ1n) is 4.20. The quantitative estimate of drug-likeness (QED) is 0.642. The van der Waals surface area contributed by atoms with Gasteiger partial charge in [-0.1, -0.05) is 5.16 Å². The molecule has 1 heterocycles. The van der Waals surface area contributed by atoms with Crippen LogP contribution in [0.3, 0.4) is 0 Å². The number of phenolic OH excluding ortho intramolecular Hbond substituents is 1. The van der Waals surface area contributed by atoms with Crippen molar-refractivity contribution in [3.05, 3.63) is 29.4 Å². The molecule has 8 heteroatoms. The van der Waals surface area contributed by atoms with Gasteiger partial charge in [0, 0.05) is 0 Å². The maximum atomic E-state index is 13.4. The highest BCUT2D eigenvalue weighted by atomic mass is 19.2. The molecule has 0 aliphatic heterocycles. The SMILES string of the molecule is O=Cc1nc(-c2cc(F)c(F)c(O)c2F)no1. The number of nitrogens with zero attached hydrogens (tertiary/aromatic N) is 2. The van der Waals surface area contributed by atoms with E-state index >= 15 is 0 Å². The summed E-state index contributed by atoms with van der Waals surface area (Å²) in [5, 5.41) is 12.1. The average molecular weight is 244 g/mol. The Kier molecular flexibility index (Phi) is 2.54. The third-order valence-corrected chi connectivity index (χ3v) is 1.92. The van der Waals surface area contributed by atoms with Gasteiger partial charge in [0.15, 0.2) is 17.4 Å². The van der Waals surface area contributed by atoms with Crippen LogP contribution in [0.2, 0.25) is 0 Å². The topological polar surface area (TPSA) is 76.2 Å². The molecule has 1 aromatic carbocycles. The molecule has 1 N–H and O–H groups in total. The summed E-state index contributed by atoms with van der Waals surface area (Å²) in [4.78, 5) is 13.6. The molecule has 0 saturated carbocycles. The molecular weight excluding hydrogens is 241 g/mol. The van der Waals surface area contributed by atoms with Crippen molar-refractivity contribution in [3.8, 4) is 17.1 Å². The Morgan fingerprint density at radius 1 is 1.29 bits per heavy atom. The number of halogens is 3. The van der Waals surface area contributed by atoms with E-state index in [1.807, 2.05) is 0 Å². The van der Waals surface area contributed by atoms with Crippen LogP contribution in [0.4, 0.5) is 13.2 Å². The van der Waals surface area contributed by atoms with E-state index in [4.69, 9.17) is 5.11 Å². The zero-order valence-electron chi connectivity index (χ0n) is 7.95. The minimum absolute atomic E-state index is 0.203. The van der Waals surface area contributed by atoms with E-state index in [2.05, 4.69) is 14.7 Å². The van der Waals surface area contributed by atoms with Crippen molar-refractivity contribution in [1.29, 1.82) is 0 Å². The summed E-state index contributed by atoms with van der Waals surface area (Å²) >= 11 is 0. The number of carbonyl (C=O) groups is 1. The van der Waals surface area contributed by atoms with Gasteiger partial charge in [0.1, 0.15) is 0 Å². The molecule has 0 amide bonds. The number of aromatic hydroxyl groups is 1. The Morgan fingerprint density at radius 2 is 2.00 bits per heavy atom. The van der Waals surface area contributed by atoms with Crippen LogP contribution in [0, 0.1) is 17.5 Å². The van der Waals surface area contributed by atoms with Crippen LogP contribution in [-0.2, 0) is 0 Å². The monoisotopic (exact) mass is 244 g/mol. The molecule has 0 bridgehead atoms. The van der Waals surface area contributed by atoms with Gasteiger partial charge in [0.2, 0.25) is 17.9 Å². The first-order valence-corrected chi connectivity index (χ1v) is 4.20. The predicted octanol–water partition coefficient (Wildman–Crippen LogP) is 1.67. The summed E-state index contributed by atoms with van der Waals surface area (Å²) in [5.41, 5.74) is -0.613. The third-order valence-electron chi connectivity index (χ3n) is 1.92. The molecule has 0 unspecified atom stereocenters. The van der Waals surface area contributed by atoms with Gasteiger partial charge in [-0.05, 0) is 6.07 Å². The van der Waals surface area contributed by atoms with Crippen molar-refractivity contribution >= 4 is 6.29 Å². The van der Waals surface area contributed by atoms with Gasteiger partial charge in [-0.25, -0.2) is 8.78 Å². The van der Waals surface area contributed by atoms with E-state index in [1.165, 1.54) is 0 Å². The number of hydrogen-bond donors (Lipinski definition) is 1. The fraction of sp³-hybridized carbons (Fsp3) is 0. The first kappa shape index (κ1) is 11.1. The molecular formula is C9H3F3N2O3. The molecule has 0 aliphatic carbocycles. The van der Waals surface area contributed by atoms with Crippen molar-refractivity contribution in [2.45, 2.75) is 0 Å². The molecule has 0 fully saturated rings. The van der Waals surface area contributed by atoms with Crippen molar-refractivity contribution in [2.24, 2.45) is 0 Å². The second kappa shape index (κ2) is 3.89. The van der Waals surface area contributed by atoms with Gasteiger partial charge in [-0.15, -0.1) is 0 Å². The van der Waals surface area contributed by atoms with E-state index < -0.39 is 40.5 Å². The summed E-state index contributed by atoms with van der Waals surface area (Å²) < 4.78 is 43.4. The van der Waals surface area contributed by atoms with E-state index in [-0.39, 0.29) is 6.29 Å². The van der Waals surface area contributed by atoms with Crippen LogP contribution in [0.25, 0.3) is 11.4 Å². The zero-order chi connectivity index (χ0) is 12.6. The molecule has 17 heavy (non-hydrogen) atoms. The Bertz CT molecular complexity index is 597. The molecule has 1 aromatic heterocycles. The van der Waals surface area contributed by atoms with Gasteiger partial charge >= 0.3 is 0 Å². The lowest BCUT2D eigenvalue weighted by Gasteiger charge is -2.02. The number of phenols is 1. The van der Waals surface area contributed by atoms with Gasteiger partial charge < -0.3 is 9.63 Å². The zero-order valence-corrected chi connectivity index (χ0v) is 7.95. The van der Waals surface area contributed by atoms with Crippen molar-refractivity contribution in [3.63, 3.8) is 0 Å². The highest BCUT2D eigenvalue weighted by Crippen LogP contribution is 2.30. The Hall–Kier alpha value is -2.38. The summed E-state index contributed by atoms with van der Waals surface area (Å²) in [6, 6.07) is 0.448. The van der Waals surface area contributed by atoms with Crippen LogP contribution in [-0.4, -0.2) is 21.5 Å². The molecule has 88 valence electrons. The molecule has 5 nitrogen and oxygen atoms in total. The van der Waals surface area contributed by atoms with Gasteiger partial charge in [0.25, 0.3) is 5.89 Å². The lowest BCUT2D eigenvalue weighted by Crippen LogP contribution is -1.94. The fourth-order valence-electron chi connectivity index (χ4n) is 1.15. The highest BCUT2D eigenvalue weighted by molar-refractivity contribution is 5.69. The number of rotatable bonds is 2. The van der Waals surface area contributed by atoms with Gasteiger partial charge in [-0.2, -0.15) is 9.37 Å². The second-order valence-electron chi connectivity index (χ2n) is 2.96. The number of aldehydes is 1. The Labute approximate surface area is 91.5 Å². The number of aromatic nitrogens is 2. The standard InChI is InChI=1S/C9H3F3N2O3/c10-4-1-3(6(11)8(16)7(4)12)9-13-5(2-15)17-14-9/h1-2,16H. The number of carbonyl (C=O) groups excluding carboxylic acids is 1. The van der Waals surface area contributed by atoms with Gasteiger partial charge in [0.05, 0.1) is 5.56 Å². The highest BCUT2D eigenvalue weighted by Gasteiger charge is 2.22. The minimum Gasteiger partial charge on any atom is -0.503 e. The van der Waals surface area contributed by atoms with Crippen LogP contribution >= 0.6 is 0 Å². The van der Waals surface area contributed by atoms with Crippen LogP contribution in [0.1, 0.15) is 10.7 Å². The molecule has 0 aliphatic rings. The van der Waals surface area contributed by atoms with Crippen molar-refractivity contribution < 1.29 is 27.6 Å². The molecule has 0 radical (unpaired) electrons. The number of benzene rings is 1. The predicted molar refractivity (Wildman–Crippen MR) is 46.7 cm³/mol. The smallest absolute Gasteiger partial charge is 0.291 e. The van der Waals surface area contributed by atoms with E-state index in [9.17, 15) is 18.0 Å². The summed E-state index contributed by atoms with van der Waals surface area (Å²) in [6.07, 6.45) is 0.203. The average Bonchev–Trinajstić information content (AvgIpc) is 2.79. The van der Waals surface area contributed by atoms with Crippen LogP contribution in [0.15, 0.2) is 10.6 Å². The molecule has 0 spiro atoms. The van der Waals surface area contributed by atoms with Crippen LogP contribution in [0.5, 0.6) is 5.75 Å². The lowest BCUT2D eigenvalue weighted by atomic mass is 10.1. The Morgan fingerprint density at radius 3 is 2.59 bits per heavy atom. The lowest BCUT2D eigenvalue weighted by molar-refractivity contribution is 0.108. The molecule has 2 aromatic rings. The van der Waals surface area contributed by atoms with Crippen molar-refractivity contribution in [1.82, 2.24) is 10.1 Å². The molecule has 0 saturated heterocycles. The largest absolute Gasteiger partial charge is 0.503 e. The summed E-state index contributed by atoms with van der Waals surface area (Å²) in [6.45, 7) is 0. The summed E-state index contributed by atoms with van der Waals surface area (Å²) in [5.74, 6) is -7.05. The second-order valence-corrected chi connectivity index (χ2v) is 2.96. The maximum Gasteiger partial charge on any atom is 0.291 e. The van der Waals surface area contributed by atoms with Crippen molar-refractivity contribution in [2.75, 3.05) is 0 Å². The fourth-order valence-corrected chi connectivity index (χ4v) is 1.15. The van der Waals surface area contributed by atoms with Gasteiger partial charge in [-0.3, -0.25) is 4.79 Å². The van der Waals surface area contributed by atoms with E-state index in [0.717, 1.165) is 0 Å². The molecule has 2 rings (SSSR count). The third kappa shape index (κ3) is 1.73. The maximum absolute atomic E-state index is 13.4. The summed E-state index contributed by atoms with van der Waals surface area (Å²) in [7, 11) is 0.